The van der Waals surface area contributed by atoms with Crippen molar-refractivity contribution in [1.82, 2.24) is 15.2 Å². The van der Waals surface area contributed by atoms with Crippen LogP contribution in [0.4, 0.5) is 0 Å². The molecule has 1 aromatic heterocycles. The molecule has 162 valence electrons. The Morgan fingerprint density at radius 1 is 1.03 bits per heavy atom. The van der Waals surface area contributed by atoms with E-state index < -0.39 is 0 Å². The molecule has 1 aliphatic rings. The third-order valence-electron chi connectivity index (χ3n) is 5.78. The standard InChI is InChI=1S/C26H31N3O2/c1-17-5-10-25-23(11-17)12-24(20(4)28-25)26(30)27-13-21-6-8-22(9-7-21)16-29-14-18(2)31-19(3)15-29/h5-12,18-19H,13-16H2,1-4H3,(H,27,30). The van der Waals surface area contributed by atoms with Gasteiger partial charge in [0.1, 0.15) is 0 Å². The number of aryl methyl sites for hydroxylation is 2. The summed E-state index contributed by atoms with van der Waals surface area (Å²) in [4.78, 5) is 19.8. The van der Waals surface area contributed by atoms with Crippen molar-refractivity contribution < 1.29 is 9.53 Å². The molecule has 2 heterocycles. The van der Waals surface area contributed by atoms with Crippen LogP contribution in [0.25, 0.3) is 10.9 Å². The van der Waals surface area contributed by atoms with Crippen molar-refractivity contribution in [2.24, 2.45) is 0 Å². The zero-order chi connectivity index (χ0) is 22.0. The van der Waals surface area contributed by atoms with Crippen molar-refractivity contribution >= 4 is 16.8 Å². The molecule has 2 atom stereocenters. The van der Waals surface area contributed by atoms with Gasteiger partial charge in [0, 0.05) is 31.6 Å². The minimum atomic E-state index is -0.0891. The van der Waals surface area contributed by atoms with Gasteiger partial charge < -0.3 is 10.1 Å². The number of benzene rings is 2. The zero-order valence-corrected chi connectivity index (χ0v) is 18.8. The summed E-state index contributed by atoms with van der Waals surface area (Å²) < 4.78 is 5.82. The van der Waals surface area contributed by atoms with E-state index in [1.165, 1.54) is 5.56 Å². The normalized spacial score (nSPS) is 19.5. The predicted octanol–water partition coefficient (Wildman–Crippen LogP) is 4.39. The quantitative estimate of drug-likeness (QED) is 0.669. The number of aromatic nitrogens is 1. The van der Waals surface area contributed by atoms with E-state index >= 15 is 0 Å². The van der Waals surface area contributed by atoms with Crippen LogP contribution in [0.2, 0.25) is 0 Å². The van der Waals surface area contributed by atoms with Crippen LogP contribution in [0.3, 0.4) is 0 Å². The van der Waals surface area contributed by atoms with Crippen molar-refractivity contribution in [3.63, 3.8) is 0 Å². The molecule has 4 rings (SSSR count). The molecule has 1 aliphatic heterocycles. The van der Waals surface area contributed by atoms with Gasteiger partial charge in [-0.05, 0) is 57.0 Å². The molecule has 1 N–H and O–H groups in total. The van der Waals surface area contributed by atoms with Crippen LogP contribution in [0.15, 0.2) is 48.5 Å². The highest BCUT2D eigenvalue weighted by atomic mass is 16.5. The van der Waals surface area contributed by atoms with E-state index in [0.717, 1.165) is 47.4 Å². The van der Waals surface area contributed by atoms with Crippen LogP contribution in [-0.2, 0) is 17.8 Å². The number of ether oxygens (including phenoxy) is 1. The van der Waals surface area contributed by atoms with Crippen molar-refractivity contribution in [2.75, 3.05) is 13.1 Å². The van der Waals surface area contributed by atoms with Crippen molar-refractivity contribution in [3.8, 4) is 0 Å². The first kappa shape index (κ1) is 21.5. The Labute approximate surface area is 184 Å². The number of nitrogens with zero attached hydrogens (tertiary/aromatic N) is 2. The van der Waals surface area contributed by atoms with Crippen LogP contribution in [-0.4, -0.2) is 41.1 Å². The van der Waals surface area contributed by atoms with Gasteiger partial charge in [-0.15, -0.1) is 0 Å². The Hall–Kier alpha value is -2.76. The Morgan fingerprint density at radius 2 is 1.71 bits per heavy atom. The average Bonchev–Trinajstić information content (AvgIpc) is 2.72. The number of pyridine rings is 1. The summed E-state index contributed by atoms with van der Waals surface area (Å²) in [6.45, 7) is 11.5. The zero-order valence-electron chi connectivity index (χ0n) is 18.8. The summed E-state index contributed by atoms with van der Waals surface area (Å²) in [7, 11) is 0. The predicted molar refractivity (Wildman–Crippen MR) is 124 cm³/mol. The highest BCUT2D eigenvalue weighted by Crippen LogP contribution is 2.19. The molecule has 31 heavy (non-hydrogen) atoms. The summed E-state index contributed by atoms with van der Waals surface area (Å²) in [5, 5.41) is 4.03. The monoisotopic (exact) mass is 417 g/mol. The van der Waals surface area contributed by atoms with Gasteiger partial charge in [-0.25, -0.2) is 0 Å². The maximum atomic E-state index is 12.8. The van der Waals surface area contributed by atoms with E-state index in [0.29, 0.717) is 12.1 Å². The smallest absolute Gasteiger partial charge is 0.253 e. The van der Waals surface area contributed by atoms with E-state index in [9.17, 15) is 4.79 Å². The Kier molecular flexibility index (Phi) is 6.35. The first-order chi connectivity index (χ1) is 14.9. The fourth-order valence-corrected chi connectivity index (χ4v) is 4.33. The molecule has 0 saturated carbocycles. The summed E-state index contributed by atoms with van der Waals surface area (Å²) in [5.41, 5.74) is 5.82. The van der Waals surface area contributed by atoms with Crippen molar-refractivity contribution in [1.29, 1.82) is 0 Å². The average molecular weight is 418 g/mol. The number of hydrogen-bond acceptors (Lipinski definition) is 4. The number of carbonyl (C=O) groups excluding carboxylic acids is 1. The lowest BCUT2D eigenvalue weighted by Gasteiger charge is -2.35. The number of nitrogens with one attached hydrogen (secondary N) is 1. The second kappa shape index (κ2) is 9.16. The van der Waals surface area contributed by atoms with Crippen LogP contribution in [0.5, 0.6) is 0 Å². The Bertz CT molecular complexity index is 1070. The van der Waals surface area contributed by atoms with E-state index in [1.807, 2.05) is 32.0 Å². The number of hydrogen-bond donors (Lipinski definition) is 1. The number of morpholine rings is 1. The van der Waals surface area contributed by atoms with Gasteiger partial charge in [0.05, 0.1) is 29.0 Å². The number of amides is 1. The molecule has 1 fully saturated rings. The fourth-order valence-electron chi connectivity index (χ4n) is 4.33. The minimum Gasteiger partial charge on any atom is -0.373 e. The van der Waals surface area contributed by atoms with Crippen LogP contribution in [0, 0.1) is 13.8 Å². The van der Waals surface area contributed by atoms with E-state index in [4.69, 9.17) is 4.74 Å². The van der Waals surface area contributed by atoms with Gasteiger partial charge in [0.2, 0.25) is 0 Å². The molecule has 2 aromatic carbocycles. The third-order valence-corrected chi connectivity index (χ3v) is 5.78. The first-order valence-electron chi connectivity index (χ1n) is 11.0. The van der Waals surface area contributed by atoms with Crippen molar-refractivity contribution in [2.45, 2.75) is 53.0 Å². The minimum absolute atomic E-state index is 0.0891. The molecule has 0 radical (unpaired) electrons. The SMILES string of the molecule is Cc1ccc2nc(C)c(C(=O)NCc3ccc(CN4CC(C)OC(C)C4)cc3)cc2c1. The van der Waals surface area contributed by atoms with Crippen LogP contribution >= 0.6 is 0 Å². The lowest BCUT2D eigenvalue weighted by Crippen LogP contribution is -2.44. The molecular weight excluding hydrogens is 386 g/mol. The number of fused-ring (bicyclic) bond motifs is 1. The molecule has 3 aromatic rings. The largest absolute Gasteiger partial charge is 0.373 e. The maximum absolute atomic E-state index is 12.8. The van der Waals surface area contributed by atoms with Gasteiger partial charge in [-0.3, -0.25) is 14.7 Å². The van der Waals surface area contributed by atoms with Crippen LogP contribution < -0.4 is 5.32 Å². The molecule has 5 nitrogen and oxygen atoms in total. The van der Waals surface area contributed by atoms with Gasteiger partial charge in [-0.1, -0.05) is 35.9 Å². The molecule has 1 saturated heterocycles. The lowest BCUT2D eigenvalue weighted by atomic mass is 10.1. The second-order valence-corrected chi connectivity index (χ2v) is 8.77. The topological polar surface area (TPSA) is 54.5 Å². The molecule has 2 unspecified atom stereocenters. The highest BCUT2D eigenvalue weighted by molar-refractivity contribution is 5.98. The van der Waals surface area contributed by atoms with Crippen molar-refractivity contribution in [3.05, 3.63) is 76.5 Å². The third kappa shape index (κ3) is 5.30. The summed E-state index contributed by atoms with van der Waals surface area (Å²) >= 11 is 0. The molecule has 0 bridgehead atoms. The van der Waals surface area contributed by atoms with Gasteiger partial charge in [0.25, 0.3) is 5.91 Å². The Morgan fingerprint density at radius 3 is 2.42 bits per heavy atom. The molecule has 5 heteroatoms. The van der Waals surface area contributed by atoms with Gasteiger partial charge in [-0.2, -0.15) is 0 Å². The first-order valence-corrected chi connectivity index (χ1v) is 11.0. The summed E-state index contributed by atoms with van der Waals surface area (Å²) in [6.07, 6.45) is 0.547. The molecule has 0 spiro atoms. The maximum Gasteiger partial charge on any atom is 0.253 e. The van der Waals surface area contributed by atoms with E-state index in [1.54, 1.807) is 0 Å². The highest BCUT2D eigenvalue weighted by Gasteiger charge is 2.22. The lowest BCUT2D eigenvalue weighted by molar-refractivity contribution is -0.0704. The molecule has 1 amide bonds. The van der Waals surface area contributed by atoms with E-state index in [2.05, 4.69) is 59.4 Å². The Balaban J connectivity index is 1.37. The molecule has 0 aliphatic carbocycles. The summed E-state index contributed by atoms with van der Waals surface area (Å²) in [5.74, 6) is -0.0891. The molecular formula is C26H31N3O2. The fraction of sp³-hybridized carbons (Fsp3) is 0.385. The van der Waals surface area contributed by atoms with E-state index in [-0.39, 0.29) is 18.1 Å². The number of rotatable bonds is 5. The van der Waals surface area contributed by atoms with Gasteiger partial charge in [0.15, 0.2) is 0 Å². The number of carbonyl (C=O) groups is 1. The van der Waals surface area contributed by atoms with Gasteiger partial charge >= 0.3 is 0 Å². The van der Waals surface area contributed by atoms with Crippen LogP contribution in [0.1, 0.15) is 46.6 Å². The summed E-state index contributed by atoms with van der Waals surface area (Å²) in [6, 6.07) is 16.5. The second-order valence-electron chi connectivity index (χ2n) is 8.77.